The van der Waals surface area contributed by atoms with Gasteiger partial charge in [-0.1, -0.05) is 0 Å². The second-order valence-corrected chi connectivity index (χ2v) is 2.90. The van der Waals surface area contributed by atoms with E-state index in [9.17, 15) is 4.79 Å². The third-order valence-electron chi connectivity index (χ3n) is 1.99. The highest BCUT2D eigenvalue weighted by Crippen LogP contribution is 2.23. The summed E-state index contributed by atoms with van der Waals surface area (Å²) >= 11 is 0. The molecule has 0 radical (unpaired) electrons. The van der Waals surface area contributed by atoms with Gasteiger partial charge in [0.15, 0.2) is 5.82 Å². The van der Waals surface area contributed by atoms with E-state index in [1.165, 1.54) is 0 Å². The first-order valence-electron chi connectivity index (χ1n) is 3.99. The van der Waals surface area contributed by atoms with Gasteiger partial charge in [-0.2, -0.15) is 4.98 Å². The van der Waals surface area contributed by atoms with Gasteiger partial charge in [-0.3, -0.25) is 9.78 Å². The van der Waals surface area contributed by atoms with Crippen LogP contribution in [0.25, 0.3) is 0 Å². The van der Waals surface area contributed by atoms with E-state index in [-0.39, 0.29) is 5.56 Å². The Hall–Kier alpha value is -1.72. The molecule has 0 aromatic carbocycles. The van der Waals surface area contributed by atoms with Crippen molar-refractivity contribution in [1.82, 2.24) is 9.97 Å². The number of nitrogens with one attached hydrogen (secondary N) is 3. The number of aromatic amines is 1. The normalized spacial score (nSPS) is 13.8. The summed E-state index contributed by atoms with van der Waals surface area (Å²) in [6.07, 6.45) is 0. The Labute approximate surface area is 75.0 Å². The maximum absolute atomic E-state index is 11.4. The molecule has 0 saturated carbocycles. The lowest BCUT2D eigenvalue weighted by Gasteiger charge is -2.08. The number of nitrogens with zero attached hydrogens (tertiary/aromatic N) is 2. The summed E-state index contributed by atoms with van der Waals surface area (Å²) < 4.78 is 0. The number of hydrogen-bond acceptors (Lipinski definition) is 5. The molecule has 6 heteroatoms. The van der Waals surface area contributed by atoms with Crippen LogP contribution >= 0.6 is 0 Å². The maximum Gasteiger partial charge on any atom is 0.277 e. The molecule has 2 heterocycles. The van der Waals surface area contributed by atoms with Gasteiger partial charge < -0.3 is 15.5 Å². The Morgan fingerprint density at radius 3 is 3.08 bits per heavy atom. The molecular formula is C7H11N5O. The van der Waals surface area contributed by atoms with Gasteiger partial charge in [0, 0.05) is 14.1 Å². The second-order valence-electron chi connectivity index (χ2n) is 2.90. The molecule has 1 aliphatic rings. The van der Waals surface area contributed by atoms with E-state index in [0.717, 1.165) is 0 Å². The molecule has 1 aromatic rings. The molecule has 70 valence electrons. The first kappa shape index (κ1) is 7.90. The van der Waals surface area contributed by atoms with Gasteiger partial charge in [-0.15, -0.1) is 0 Å². The van der Waals surface area contributed by atoms with Gasteiger partial charge >= 0.3 is 0 Å². The fraction of sp³-hybridized carbons (Fsp3) is 0.429. The average Bonchev–Trinajstić information content (AvgIpc) is 2.48. The average molecular weight is 181 g/mol. The number of H-pyrrole nitrogens is 1. The third-order valence-corrected chi connectivity index (χ3v) is 1.99. The van der Waals surface area contributed by atoms with E-state index in [1.807, 2.05) is 11.9 Å². The number of fused-ring (bicyclic) bond motifs is 1. The number of hydrogen-bond donors (Lipinski definition) is 3. The molecule has 1 aliphatic heterocycles. The van der Waals surface area contributed by atoms with Gasteiger partial charge in [0.05, 0.1) is 6.67 Å². The topological polar surface area (TPSA) is 73.0 Å². The van der Waals surface area contributed by atoms with E-state index in [1.54, 1.807) is 7.05 Å². The van der Waals surface area contributed by atoms with Gasteiger partial charge in [-0.25, -0.2) is 0 Å². The van der Waals surface area contributed by atoms with Crippen molar-refractivity contribution in [3.8, 4) is 0 Å². The SMILES string of the molecule is CNc1nc2c(c(=O)[nH]1)NCN2C. The lowest BCUT2D eigenvalue weighted by atomic mass is 10.5. The zero-order valence-corrected chi connectivity index (χ0v) is 7.51. The fourth-order valence-electron chi connectivity index (χ4n) is 1.29. The Morgan fingerprint density at radius 1 is 1.62 bits per heavy atom. The molecule has 0 atom stereocenters. The Morgan fingerprint density at radius 2 is 2.38 bits per heavy atom. The number of rotatable bonds is 1. The van der Waals surface area contributed by atoms with Crippen LogP contribution < -0.4 is 21.1 Å². The lowest BCUT2D eigenvalue weighted by molar-refractivity contribution is 1.000. The maximum atomic E-state index is 11.4. The van der Waals surface area contributed by atoms with Crippen molar-refractivity contribution in [3.05, 3.63) is 10.4 Å². The molecule has 6 nitrogen and oxygen atoms in total. The van der Waals surface area contributed by atoms with Gasteiger partial charge in [-0.05, 0) is 0 Å². The largest absolute Gasteiger partial charge is 0.360 e. The summed E-state index contributed by atoms with van der Waals surface area (Å²) in [4.78, 5) is 20.1. The highest BCUT2D eigenvalue weighted by atomic mass is 16.1. The van der Waals surface area contributed by atoms with Crippen LogP contribution in [-0.4, -0.2) is 30.7 Å². The zero-order valence-electron chi connectivity index (χ0n) is 7.51. The van der Waals surface area contributed by atoms with Crippen molar-refractivity contribution in [3.63, 3.8) is 0 Å². The Kier molecular flexibility index (Phi) is 1.61. The number of aromatic nitrogens is 2. The van der Waals surface area contributed by atoms with Crippen LogP contribution in [0.4, 0.5) is 17.5 Å². The molecule has 0 spiro atoms. The summed E-state index contributed by atoms with van der Waals surface area (Å²) in [5, 5.41) is 5.76. The van der Waals surface area contributed by atoms with Crippen LogP contribution in [0.3, 0.4) is 0 Å². The van der Waals surface area contributed by atoms with Crippen LogP contribution in [0.5, 0.6) is 0 Å². The summed E-state index contributed by atoms with van der Waals surface area (Å²) in [6.45, 7) is 0.624. The van der Waals surface area contributed by atoms with Crippen molar-refractivity contribution in [2.24, 2.45) is 0 Å². The highest BCUT2D eigenvalue weighted by Gasteiger charge is 2.20. The molecule has 0 fully saturated rings. The summed E-state index contributed by atoms with van der Waals surface area (Å²) in [5.41, 5.74) is 0.403. The van der Waals surface area contributed by atoms with Gasteiger partial charge in [0.2, 0.25) is 5.95 Å². The highest BCUT2D eigenvalue weighted by molar-refractivity contribution is 5.70. The van der Waals surface area contributed by atoms with Crippen LogP contribution in [0.1, 0.15) is 0 Å². The van der Waals surface area contributed by atoms with Crippen LogP contribution in [0, 0.1) is 0 Å². The zero-order chi connectivity index (χ0) is 9.42. The first-order chi connectivity index (χ1) is 6.22. The molecule has 0 bridgehead atoms. The second kappa shape index (κ2) is 2.65. The van der Waals surface area contributed by atoms with E-state index in [4.69, 9.17) is 0 Å². The summed E-state index contributed by atoms with van der Waals surface area (Å²) in [6, 6.07) is 0. The minimum Gasteiger partial charge on any atom is -0.360 e. The molecule has 3 N–H and O–H groups in total. The van der Waals surface area contributed by atoms with Crippen molar-refractivity contribution in [2.75, 3.05) is 36.3 Å². The standard InChI is InChI=1S/C7H11N5O/c1-8-7-10-5-4(6(13)11-7)9-3-12(5)2/h9H,3H2,1-2H3,(H2,8,10,11,13). The van der Waals surface area contributed by atoms with Crippen molar-refractivity contribution in [1.29, 1.82) is 0 Å². The lowest BCUT2D eigenvalue weighted by Crippen LogP contribution is -2.17. The van der Waals surface area contributed by atoms with Gasteiger partial charge in [0.25, 0.3) is 5.56 Å². The van der Waals surface area contributed by atoms with E-state index >= 15 is 0 Å². The third kappa shape index (κ3) is 1.10. The molecule has 13 heavy (non-hydrogen) atoms. The van der Waals surface area contributed by atoms with E-state index < -0.39 is 0 Å². The predicted molar refractivity (Wildman–Crippen MR) is 51.3 cm³/mol. The molecule has 2 rings (SSSR count). The molecule has 0 aliphatic carbocycles. The quantitative estimate of drug-likeness (QED) is 0.551. The summed E-state index contributed by atoms with van der Waals surface area (Å²) in [5.74, 6) is 1.17. The molecule has 0 unspecified atom stereocenters. The molecular weight excluding hydrogens is 170 g/mol. The predicted octanol–water partition coefficient (Wildman–Crippen LogP) is -0.369. The fourth-order valence-corrected chi connectivity index (χ4v) is 1.29. The van der Waals surface area contributed by atoms with E-state index in [0.29, 0.717) is 24.1 Å². The molecule has 0 saturated heterocycles. The van der Waals surface area contributed by atoms with Crippen LogP contribution in [0.15, 0.2) is 4.79 Å². The Balaban J connectivity index is 2.60. The molecule has 1 aromatic heterocycles. The van der Waals surface area contributed by atoms with Crippen LogP contribution in [0.2, 0.25) is 0 Å². The molecule has 0 amide bonds. The monoisotopic (exact) mass is 181 g/mol. The number of anilines is 3. The first-order valence-corrected chi connectivity index (χ1v) is 3.99. The van der Waals surface area contributed by atoms with Gasteiger partial charge in [0.1, 0.15) is 5.69 Å². The smallest absolute Gasteiger partial charge is 0.277 e. The van der Waals surface area contributed by atoms with Crippen LogP contribution in [-0.2, 0) is 0 Å². The minimum atomic E-state index is -0.140. The van der Waals surface area contributed by atoms with Crippen molar-refractivity contribution in [2.45, 2.75) is 0 Å². The minimum absolute atomic E-state index is 0.140. The van der Waals surface area contributed by atoms with Crippen molar-refractivity contribution < 1.29 is 0 Å². The van der Waals surface area contributed by atoms with Crippen molar-refractivity contribution >= 4 is 17.5 Å². The summed E-state index contributed by atoms with van der Waals surface area (Å²) in [7, 11) is 3.60. The van der Waals surface area contributed by atoms with E-state index in [2.05, 4.69) is 20.6 Å². The Bertz CT molecular complexity index is 385.